The predicted octanol–water partition coefficient (Wildman–Crippen LogP) is 2.13. The lowest BCUT2D eigenvalue weighted by molar-refractivity contribution is 0.0282. The van der Waals surface area contributed by atoms with Crippen LogP contribution >= 0.6 is 0 Å². The van der Waals surface area contributed by atoms with Crippen LogP contribution in [-0.2, 0) is 4.74 Å². The smallest absolute Gasteiger partial charge is 0.358 e. The predicted molar refractivity (Wildman–Crippen MR) is 67.5 cm³/mol. The minimum Gasteiger partial charge on any atom is -0.494 e. The van der Waals surface area contributed by atoms with Crippen molar-refractivity contribution < 1.29 is 24.2 Å². The molecule has 0 amide bonds. The second kappa shape index (κ2) is 6.72. The fourth-order valence-electron chi connectivity index (χ4n) is 1.55. The third-order valence-corrected chi connectivity index (χ3v) is 2.70. The highest BCUT2D eigenvalue weighted by molar-refractivity contribution is 5.93. The van der Waals surface area contributed by atoms with Gasteiger partial charge in [0, 0.05) is 6.20 Å². The van der Waals surface area contributed by atoms with Crippen LogP contribution in [0.25, 0.3) is 0 Å². The van der Waals surface area contributed by atoms with Gasteiger partial charge >= 0.3 is 11.9 Å². The van der Waals surface area contributed by atoms with E-state index in [1.807, 2.05) is 13.8 Å². The largest absolute Gasteiger partial charge is 0.494 e. The topological polar surface area (TPSA) is 85.7 Å². The van der Waals surface area contributed by atoms with E-state index in [4.69, 9.17) is 14.6 Å². The Hall–Kier alpha value is -2.11. The summed E-state index contributed by atoms with van der Waals surface area (Å²) in [5, 5.41) is 8.89. The Balaban J connectivity index is 2.96. The molecule has 0 aromatic carbocycles. The van der Waals surface area contributed by atoms with Crippen LogP contribution < -0.4 is 4.74 Å². The molecule has 1 aromatic heterocycles. The fourth-order valence-corrected chi connectivity index (χ4v) is 1.55. The second-order valence-corrected chi connectivity index (χ2v) is 3.92. The van der Waals surface area contributed by atoms with Gasteiger partial charge in [0.15, 0.2) is 11.4 Å². The average molecular weight is 267 g/mol. The van der Waals surface area contributed by atoms with Gasteiger partial charge in [-0.1, -0.05) is 13.8 Å². The maximum atomic E-state index is 11.9. The number of rotatable bonds is 6. The van der Waals surface area contributed by atoms with E-state index in [0.29, 0.717) is 0 Å². The summed E-state index contributed by atoms with van der Waals surface area (Å²) in [5.74, 6) is -1.71. The number of carbonyl (C=O) groups excluding carboxylic acids is 1. The normalized spacial score (nSPS) is 10.3. The Morgan fingerprint density at radius 1 is 1.37 bits per heavy atom. The molecule has 6 nitrogen and oxygen atoms in total. The van der Waals surface area contributed by atoms with E-state index in [0.717, 1.165) is 12.8 Å². The van der Waals surface area contributed by atoms with Crippen molar-refractivity contribution in [3.63, 3.8) is 0 Å². The Bertz CT molecular complexity index is 468. The van der Waals surface area contributed by atoms with E-state index in [-0.39, 0.29) is 23.1 Å². The van der Waals surface area contributed by atoms with Crippen molar-refractivity contribution in [1.29, 1.82) is 0 Å². The van der Waals surface area contributed by atoms with E-state index in [9.17, 15) is 9.59 Å². The van der Waals surface area contributed by atoms with Crippen LogP contribution in [-0.4, -0.2) is 35.2 Å². The molecular formula is C13H17NO5. The maximum absolute atomic E-state index is 11.9. The number of aromatic carboxylic acids is 1. The van der Waals surface area contributed by atoms with Crippen LogP contribution in [0.3, 0.4) is 0 Å². The number of ether oxygens (including phenoxy) is 2. The highest BCUT2D eigenvalue weighted by Crippen LogP contribution is 2.19. The standard InChI is InChI=1S/C13H17NO5/c1-4-9(5-2)19-13(17)8-6-10(18-3)11(12(15)16)14-7-8/h6-7,9H,4-5H2,1-3H3,(H,15,16). The number of carboxylic acid groups (broad SMARTS) is 1. The van der Waals surface area contributed by atoms with Crippen LogP contribution in [0.2, 0.25) is 0 Å². The number of hydrogen-bond acceptors (Lipinski definition) is 5. The molecule has 0 saturated carbocycles. The summed E-state index contributed by atoms with van der Waals surface area (Å²) in [7, 11) is 1.32. The lowest BCUT2D eigenvalue weighted by atomic mass is 10.2. The SMILES string of the molecule is CCC(CC)OC(=O)c1cnc(C(=O)O)c(OC)c1. The summed E-state index contributed by atoms with van der Waals surface area (Å²) >= 11 is 0. The molecule has 104 valence electrons. The van der Waals surface area contributed by atoms with Crippen LogP contribution in [0.1, 0.15) is 47.5 Å². The number of esters is 1. The first kappa shape index (κ1) is 14.9. The third kappa shape index (κ3) is 3.67. The minimum atomic E-state index is -1.21. The number of hydrogen-bond donors (Lipinski definition) is 1. The van der Waals surface area contributed by atoms with Crippen molar-refractivity contribution in [2.75, 3.05) is 7.11 Å². The van der Waals surface area contributed by atoms with Crippen LogP contribution in [0.4, 0.5) is 0 Å². The monoisotopic (exact) mass is 267 g/mol. The van der Waals surface area contributed by atoms with E-state index in [2.05, 4.69) is 4.98 Å². The third-order valence-electron chi connectivity index (χ3n) is 2.70. The van der Waals surface area contributed by atoms with Gasteiger partial charge in [0.2, 0.25) is 0 Å². The van der Waals surface area contributed by atoms with E-state index >= 15 is 0 Å². The number of nitrogens with zero attached hydrogens (tertiary/aromatic N) is 1. The van der Waals surface area contributed by atoms with Gasteiger partial charge in [-0.3, -0.25) is 0 Å². The molecule has 1 rings (SSSR count). The zero-order valence-corrected chi connectivity index (χ0v) is 11.2. The van der Waals surface area contributed by atoms with Gasteiger partial charge in [-0.15, -0.1) is 0 Å². The zero-order valence-electron chi connectivity index (χ0n) is 11.2. The van der Waals surface area contributed by atoms with Crippen molar-refractivity contribution in [1.82, 2.24) is 4.98 Å². The Morgan fingerprint density at radius 2 is 2.00 bits per heavy atom. The summed E-state index contributed by atoms with van der Waals surface area (Å²) in [6.45, 7) is 3.85. The molecule has 0 bridgehead atoms. The Morgan fingerprint density at radius 3 is 2.47 bits per heavy atom. The molecule has 0 aliphatic heterocycles. The summed E-state index contributed by atoms with van der Waals surface area (Å²) < 4.78 is 10.2. The molecule has 0 radical (unpaired) electrons. The van der Waals surface area contributed by atoms with Gasteiger partial charge in [-0.2, -0.15) is 0 Å². The van der Waals surface area contributed by atoms with Gasteiger partial charge in [-0.05, 0) is 18.9 Å². The molecule has 1 N–H and O–H groups in total. The van der Waals surface area contributed by atoms with Gasteiger partial charge in [-0.25, -0.2) is 14.6 Å². The average Bonchev–Trinajstić information content (AvgIpc) is 2.43. The summed E-state index contributed by atoms with van der Waals surface area (Å²) in [5.41, 5.74) is -0.0599. The van der Waals surface area contributed by atoms with Gasteiger partial charge < -0.3 is 14.6 Å². The molecule has 0 aliphatic rings. The number of carboxylic acids is 1. The molecular weight excluding hydrogens is 250 g/mol. The lowest BCUT2D eigenvalue weighted by Gasteiger charge is -2.14. The second-order valence-electron chi connectivity index (χ2n) is 3.92. The quantitative estimate of drug-likeness (QED) is 0.795. The summed E-state index contributed by atoms with van der Waals surface area (Å²) in [6.07, 6.45) is 2.47. The van der Waals surface area contributed by atoms with E-state index in [1.54, 1.807) is 0 Å². The summed E-state index contributed by atoms with van der Waals surface area (Å²) in [4.78, 5) is 26.4. The number of methoxy groups -OCH3 is 1. The first-order chi connectivity index (χ1) is 9.03. The van der Waals surface area contributed by atoms with E-state index in [1.165, 1.54) is 19.4 Å². The Kier molecular flexibility index (Phi) is 5.29. The van der Waals surface area contributed by atoms with Gasteiger partial charge in [0.05, 0.1) is 12.7 Å². The zero-order chi connectivity index (χ0) is 14.4. The van der Waals surface area contributed by atoms with Crippen LogP contribution in [0, 0.1) is 0 Å². The van der Waals surface area contributed by atoms with Crippen molar-refractivity contribution >= 4 is 11.9 Å². The summed E-state index contributed by atoms with van der Waals surface area (Å²) in [6, 6.07) is 1.32. The van der Waals surface area contributed by atoms with Crippen LogP contribution in [0.15, 0.2) is 12.3 Å². The number of carbonyl (C=O) groups is 2. The van der Waals surface area contributed by atoms with Crippen molar-refractivity contribution in [3.8, 4) is 5.75 Å². The molecule has 1 heterocycles. The highest BCUT2D eigenvalue weighted by Gasteiger charge is 2.18. The molecule has 0 unspecified atom stereocenters. The van der Waals surface area contributed by atoms with E-state index < -0.39 is 11.9 Å². The minimum absolute atomic E-state index is 0.0338. The highest BCUT2D eigenvalue weighted by atomic mass is 16.5. The molecule has 6 heteroatoms. The van der Waals surface area contributed by atoms with Crippen LogP contribution in [0.5, 0.6) is 5.75 Å². The Labute approximate surface area is 111 Å². The lowest BCUT2D eigenvalue weighted by Crippen LogP contribution is -2.17. The molecule has 0 aliphatic carbocycles. The van der Waals surface area contributed by atoms with Gasteiger partial charge in [0.1, 0.15) is 6.10 Å². The molecule has 19 heavy (non-hydrogen) atoms. The first-order valence-electron chi connectivity index (χ1n) is 6.01. The molecule has 0 atom stereocenters. The van der Waals surface area contributed by atoms with Crippen molar-refractivity contribution in [3.05, 3.63) is 23.5 Å². The number of aromatic nitrogens is 1. The van der Waals surface area contributed by atoms with Crippen molar-refractivity contribution in [2.24, 2.45) is 0 Å². The molecule has 0 saturated heterocycles. The first-order valence-corrected chi connectivity index (χ1v) is 6.01. The molecule has 1 aromatic rings. The number of pyridine rings is 1. The molecule has 0 fully saturated rings. The van der Waals surface area contributed by atoms with Gasteiger partial charge in [0.25, 0.3) is 0 Å². The maximum Gasteiger partial charge on any atom is 0.358 e. The fraction of sp³-hybridized carbons (Fsp3) is 0.462. The van der Waals surface area contributed by atoms with Crippen molar-refractivity contribution in [2.45, 2.75) is 32.8 Å². The molecule has 0 spiro atoms.